The van der Waals surface area contributed by atoms with Crippen LogP contribution in [0, 0.1) is 0 Å². The van der Waals surface area contributed by atoms with Crippen LogP contribution in [-0.4, -0.2) is 5.91 Å². The van der Waals surface area contributed by atoms with Gasteiger partial charge in [0, 0.05) is 11.8 Å². The predicted molar refractivity (Wildman–Crippen MR) is 69.7 cm³/mol. The van der Waals surface area contributed by atoms with Crippen LogP contribution >= 0.6 is 0 Å². The van der Waals surface area contributed by atoms with Gasteiger partial charge in [-0.15, -0.1) is 0 Å². The number of anilines is 2. The molecular weight excluding hydrogens is 228 g/mol. The van der Waals surface area contributed by atoms with Gasteiger partial charge >= 0.3 is 0 Å². The molecular formula is C14H12N2O2. The Morgan fingerprint density at radius 3 is 2.72 bits per heavy atom. The highest BCUT2D eigenvalue weighted by atomic mass is 16.5. The van der Waals surface area contributed by atoms with E-state index in [0.717, 1.165) is 11.3 Å². The Bertz CT molecular complexity index is 609. The fraction of sp³-hybridized carbons (Fsp3) is 0.0714. The number of nitrogen functional groups attached to an aromatic ring is 1. The lowest BCUT2D eigenvalue weighted by molar-refractivity contribution is -0.115. The van der Waals surface area contributed by atoms with Crippen LogP contribution in [0.15, 0.2) is 42.5 Å². The first-order valence-corrected chi connectivity index (χ1v) is 5.67. The minimum absolute atomic E-state index is 0.0127. The molecule has 1 heterocycles. The summed E-state index contributed by atoms with van der Waals surface area (Å²) in [6.45, 7) is 0. The zero-order chi connectivity index (χ0) is 12.5. The number of ether oxygens (including phenoxy) is 1. The van der Waals surface area contributed by atoms with E-state index in [1.807, 2.05) is 30.3 Å². The summed E-state index contributed by atoms with van der Waals surface area (Å²) < 4.78 is 5.69. The summed E-state index contributed by atoms with van der Waals surface area (Å²) in [4.78, 5) is 11.3. The average Bonchev–Trinajstić information content (AvgIpc) is 2.70. The average molecular weight is 240 g/mol. The van der Waals surface area contributed by atoms with Crippen molar-refractivity contribution in [1.29, 1.82) is 0 Å². The summed E-state index contributed by atoms with van der Waals surface area (Å²) in [7, 11) is 0. The van der Waals surface area contributed by atoms with E-state index in [1.54, 1.807) is 12.1 Å². The SMILES string of the molecule is Nc1cc2c(cc1Oc1ccccc1)NC(=O)C2. The number of rotatable bonds is 2. The Hall–Kier alpha value is -2.49. The highest BCUT2D eigenvalue weighted by Crippen LogP contribution is 2.35. The predicted octanol–water partition coefficient (Wildman–Crippen LogP) is 2.56. The van der Waals surface area contributed by atoms with Crippen LogP contribution < -0.4 is 15.8 Å². The number of carbonyl (C=O) groups is 1. The molecule has 90 valence electrons. The van der Waals surface area contributed by atoms with Gasteiger partial charge in [0.15, 0.2) is 5.75 Å². The Morgan fingerprint density at radius 2 is 1.94 bits per heavy atom. The maximum absolute atomic E-state index is 11.3. The molecule has 2 aromatic carbocycles. The van der Waals surface area contributed by atoms with Crippen LogP contribution in [-0.2, 0) is 11.2 Å². The summed E-state index contributed by atoms with van der Waals surface area (Å²) in [5.41, 5.74) is 8.15. The van der Waals surface area contributed by atoms with Crippen molar-refractivity contribution in [2.75, 3.05) is 11.1 Å². The molecule has 1 aliphatic heterocycles. The minimum atomic E-state index is -0.0127. The normalized spacial score (nSPS) is 13.0. The van der Waals surface area contributed by atoms with Gasteiger partial charge in [0.2, 0.25) is 5.91 Å². The highest BCUT2D eigenvalue weighted by Gasteiger charge is 2.19. The van der Waals surface area contributed by atoms with E-state index in [1.165, 1.54) is 0 Å². The van der Waals surface area contributed by atoms with Crippen LogP contribution in [0.5, 0.6) is 11.5 Å². The summed E-state index contributed by atoms with van der Waals surface area (Å²) in [6.07, 6.45) is 0.380. The van der Waals surface area contributed by atoms with Gasteiger partial charge < -0.3 is 15.8 Å². The van der Waals surface area contributed by atoms with Crippen molar-refractivity contribution < 1.29 is 9.53 Å². The molecule has 0 aliphatic carbocycles. The van der Waals surface area contributed by atoms with Crippen molar-refractivity contribution >= 4 is 17.3 Å². The molecule has 0 unspecified atom stereocenters. The van der Waals surface area contributed by atoms with Crippen molar-refractivity contribution in [3.8, 4) is 11.5 Å². The molecule has 0 spiro atoms. The molecule has 18 heavy (non-hydrogen) atoms. The Labute approximate surface area is 104 Å². The van der Waals surface area contributed by atoms with Gasteiger partial charge in [-0.2, -0.15) is 0 Å². The minimum Gasteiger partial charge on any atom is -0.455 e. The van der Waals surface area contributed by atoms with Gasteiger partial charge in [-0.1, -0.05) is 18.2 Å². The molecule has 2 aromatic rings. The number of benzene rings is 2. The Balaban J connectivity index is 1.94. The van der Waals surface area contributed by atoms with E-state index in [9.17, 15) is 4.79 Å². The topological polar surface area (TPSA) is 64.3 Å². The van der Waals surface area contributed by atoms with E-state index in [4.69, 9.17) is 10.5 Å². The van der Waals surface area contributed by atoms with Crippen LogP contribution in [0.3, 0.4) is 0 Å². The highest BCUT2D eigenvalue weighted by molar-refractivity contribution is 6.00. The molecule has 1 aliphatic rings. The van der Waals surface area contributed by atoms with Gasteiger partial charge in [0.05, 0.1) is 12.1 Å². The van der Waals surface area contributed by atoms with Crippen LogP contribution in [0.1, 0.15) is 5.56 Å². The largest absolute Gasteiger partial charge is 0.455 e. The summed E-state index contributed by atoms with van der Waals surface area (Å²) in [5, 5.41) is 2.78. The standard InChI is InChI=1S/C14H12N2O2/c15-11-6-9-7-14(17)16-12(9)8-13(11)18-10-4-2-1-3-5-10/h1-6,8H,7,15H2,(H,16,17). The molecule has 0 fully saturated rings. The number of fused-ring (bicyclic) bond motifs is 1. The van der Waals surface area contributed by atoms with E-state index in [-0.39, 0.29) is 5.91 Å². The molecule has 0 saturated carbocycles. The van der Waals surface area contributed by atoms with E-state index in [2.05, 4.69) is 5.32 Å². The summed E-state index contributed by atoms with van der Waals surface area (Å²) in [5.74, 6) is 1.26. The van der Waals surface area contributed by atoms with Crippen molar-refractivity contribution in [3.05, 3.63) is 48.0 Å². The maximum Gasteiger partial charge on any atom is 0.228 e. The third-order valence-corrected chi connectivity index (χ3v) is 2.83. The van der Waals surface area contributed by atoms with E-state index in [0.29, 0.717) is 23.6 Å². The van der Waals surface area contributed by atoms with E-state index >= 15 is 0 Å². The second-order valence-electron chi connectivity index (χ2n) is 4.19. The molecule has 0 bridgehead atoms. The first kappa shape index (κ1) is 10.7. The molecule has 4 nitrogen and oxygen atoms in total. The Morgan fingerprint density at radius 1 is 1.17 bits per heavy atom. The number of carbonyl (C=O) groups excluding carboxylic acids is 1. The number of para-hydroxylation sites is 1. The van der Waals surface area contributed by atoms with E-state index < -0.39 is 0 Å². The van der Waals surface area contributed by atoms with Gasteiger partial charge in [-0.25, -0.2) is 0 Å². The second kappa shape index (κ2) is 4.07. The quantitative estimate of drug-likeness (QED) is 0.793. The van der Waals surface area contributed by atoms with Crippen molar-refractivity contribution in [3.63, 3.8) is 0 Å². The third-order valence-electron chi connectivity index (χ3n) is 2.83. The number of nitrogens with one attached hydrogen (secondary N) is 1. The van der Waals surface area contributed by atoms with Gasteiger partial charge in [-0.3, -0.25) is 4.79 Å². The monoisotopic (exact) mass is 240 g/mol. The fourth-order valence-corrected chi connectivity index (χ4v) is 1.98. The van der Waals surface area contributed by atoms with Gasteiger partial charge in [0.25, 0.3) is 0 Å². The molecule has 0 saturated heterocycles. The number of hydrogen-bond donors (Lipinski definition) is 2. The molecule has 3 N–H and O–H groups in total. The van der Waals surface area contributed by atoms with Crippen molar-refractivity contribution in [1.82, 2.24) is 0 Å². The number of amides is 1. The van der Waals surface area contributed by atoms with Crippen molar-refractivity contribution in [2.24, 2.45) is 0 Å². The third kappa shape index (κ3) is 1.88. The summed E-state index contributed by atoms with van der Waals surface area (Å²) in [6, 6.07) is 12.9. The zero-order valence-electron chi connectivity index (χ0n) is 9.64. The molecule has 3 rings (SSSR count). The Kier molecular flexibility index (Phi) is 2.41. The van der Waals surface area contributed by atoms with Crippen LogP contribution in [0.4, 0.5) is 11.4 Å². The second-order valence-corrected chi connectivity index (χ2v) is 4.19. The van der Waals surface area contributed by atoms with Gasteiger partial charge in [-0.05, 0) is 23.8 Å². The lowest BCUT2D eigenvalue weighted by atomic mass is 10.1. The summed E-state index contributed by atoms with van der Waals surface area (Å²) >= 11 is 0. The first-order valence-electron chi connectivity index (χ1n) is 5.67. The van der Waals surface area contributed by atoms with Gasteiger partial charge in [0.1, 0.15) is 5.75 Å². The molecule has 0 aromatic heterocycles. The molecule has 0 atom stereocenters. The van der Waals surface area contributed by atoms with Crippen molar-refractivity contribution in [2.45, 2.75) is 6.42 Å². The fourth-order valence-electron chi connectivity index (χ4n) is 1.98. The number of nitrogens with two attached hydrogens (primary N) is 1. The maximum atomic E-state index is 11.3. The smallest absolute Gasteiger partial charge is 0.228 e. The van der Waals surface area contributed by atoms with Crippen LogP contribution in [0.25, 0.3) is 0 Å². The lowest BCUT2D eigenvalue weighted by Gasteiger charge is -2.10. The number of hydrogen-bond acceptors (Lipinski definition) is 3. The molecule has 4 heteroatoms. The first-order chi connectivity index (χ1) is 8.72. The van der Waals surface area contributed by atoms with Crippen LogP contribution in [0.2, 0.25) is 0 Å². The molecule has 1 amide bonds. The lowest BCUT2D eigenvalue weighted by Crippen LogP contribution is -2.03. The zero-order valence-corrected chi connectivity index (χ0v) is 9.64. The molecule has 0 radical (unpaired) electrons.